The molecule has 0 saturated heterocycles. The van der Waals surface area contributed by atoms with E-state index in [4.69, 9.17) is 14.7 Å². The molecule has 0 spiro atoms. The lowest BCUT2D eigenvalue weighted by molar-refractivity contribution is 0.101. The summed E-state index contributed by atoms with van der Waals surface area (Å²) in [5, 5.41) is 18.3. The van der Waals surface area contributed by atoms with Gasteiger partial charge in [-0.25, -0.2) is 0 Å². The minimum absolute atomic E-state index is 0.141. The molecular formula is C6H16BO3-. The van der Waals surface area contributed by atoms with E-state index in [1.54, 1.807) is 27.7 Å². The fourth-order valence-electron chi connectivity index (χ4n) is 0.558. The summed E-state index contributed by atoms with van der Waals surface area (Å²) in [6.07, 6.45) is -0.141. The van der Waals surface area contributed by atoms with Crippen molar-refractivity contribution in [2.45, 2.75) is 39.6 Å². The van der Waals surface area contributed by atoms with Gasteiger partial charge in [0.1, 0.15) is 0 Å². The Kier molecular flexibility index (Phi) is 3.35. The molecule has 0 aromatic heterocycles. The minimum Gasteiger partial charge on any atom is -0.559 e. The van der Waals surface area contributed by atoms with Crippen LogP contribution in [0.3, 0.4) is 0 Å². The van der Waals surface area contributed by atoms with Crippen molar-refractivity contribution in [2.24, 2.45) is 0 Å². The third-order valence-electron chi connectivity index (χ3n) is 1.34. The normalized spacial score (nSPS) is 13.2. The molecular weight excluding hydrogens is 131 g/mol. The highest BCUT2D eigenvalue weighted by Crippen LogP contribution is 2.16. The van der Waals surface area contributed by atoms with Crippen LogP contribution in [0.15, 0.2) is 0 Å². The molecule has 0 bridgehead atoms. The molecule has 0 aromatic rings. The first-order chi connectivity index (χ1) is 4.36. The van der Waals surface area contributed by atoms with Crippen molar-refractivity contribution in [3.8, 4) is 0 Å². The van der Waals surface area contributed by atoms with E-state index >= 15 is 0 Å². The van der Waals surface area contributed by atoms with Gasteiger partial charge in [0.05, 0.1) is 0 Å². The van der Waals surface area contributed by atoms with E-state index < -0.39 is 6.75 Å². The zero-order valence-corrected chi connectivity index (χ0v) is 7.03. The molecule has 0 aromatic carbocycles. The van der Waals surface area contributed by atoms with Gasteiger partial charge in [-0.1, -0.05) is 19.7 Å². The first kappa shape index (κ1) is 9.94. The molecule has 0 saturated carbocycles. The van der Waals surface area contributed by atoms with E-state index in [9.17, 15) is 0 Å². The van der Waals surface area contributed by atoms with E-state index in [1.807, 2.05) is 0 Å². The van der Waals surface area contributed by atoms with Crippen molar-refractivity contribution >= 4 is 6.75 Å². The molecule has 4 heteroatoms. The molecule has 0 rings (SSSR count). The fraction of sp³-hybridized carbons (Fsp3) is 1.00. The summed E-state index contributed by atoms with van der Waals surface area (Å²) in [6, 6.07) is 0. The molecule has 0 aliphatic heterocycles. The zero-order chi connectivity index (χ0) is 8.36. The van der Waals surface area contributed by atoms with Gasteiger partial charge >= 0.3 is 6.75 Å². The highest BCUT2D eigenvalue weighted by atomic mass is 16.6. The van der Waals surface area contributed by atoms with Gasteiger partial charge in [0.15, 0.2) is 0 Å². The summed E-state index contributed by atoms with van der Waals surface area (Å²) in [5.41, 5.74) is 0. The Bertz CT molecular complexity index is 101. The SMILES string of the molecule is CC(C)O[B-](O)(O)C(C)C. The van der Waals surface area contributed by atoms with Crippen LogP contribution in [0, 0.1) is 0 Å². The first-order valence-electron chi connectivity index (χ1n) is 3.63. The van der Waals surface area contributed by atoms with Gasteiger partial charge in [-0.15, -0.1) is 0 Å². The average Bonchev–Trinajstić information content (AvgIpc) is 1.60. The number of hydrogen-bond donors (Lipinski definition) is 2. The lowest BCUT2D eigenvalue weighted by atomic mass is 9.66. The summed E-state index contributed by atoms with van der Waals surface area (Å²) < 4.78 is 4.87. The molecule has 0 amide bonds. The smallest absolute Gasteiger partial charge is 0.376 e. The number of rotatable bonds is 3. The Balaban J connectivity index is 3.87. The lowest BCUT2D eigenvalue weighted by Crippen LogP contribution is -2.44. The Morgan fingerprint density at radius 3 is 1.60 bits per heavy atom. The standard InChI is InChI=1S/C6H16BO3/c1-5(2)7(8,9)10-6(3)4/h5-6,8-9H,1-4H3/q-1. The highest BCUT2D eigenvalue weighted by molar-refractivity contribution is 6.59. The molecule has 0 radical (unpaired) electrons. The van der Waals surface area contributed by atoms with E-state index in [0.717, 1.165) is 0 Å². The number of hydrogen-bond acceptors (Lipinski definition) is 3. The molecule has 0 heterocycles. The van der Waals surface area contributed by atoms with Crippen LogP contribution in [0.1, 0.15) is 27.7 Å². The van der Waals surface area contributed by atoms with Crippen molar-refractivity contribution in [3.63, 3.8) is 0 Å². The van der Waals surface area contributed by atoms with E-state index in [2.05, 4.69) is 0 Å². The molecule has 62 valence electrons. The van der Waals surface area contributed by atoms with E-state index in [-0.39, 0.29) is 11.9 Å². The van der Waals surface area contributed by atoms with Crippen molar-refractivity contribution in [3.05, 3.63) is 0 Å². The summed E-state index contributed by atoms with van der Waals surface area (Å²) in [4.78, 5) is 0. The van der Waals surface area contributed by atoms with Crippen LogP contribution in [-0.2, 0) is 4.65 Å². The molecule has 0 aliphatic carbocycles. The Hall–Kier alpha value is -0.0551. The van der Waals surface area contributed by atoms with E-state index in [0.29, 0.717) is 0 Å². The predicted molar refractivity (Wildman–Crippen MR) is 41.5 cm³/mol. The second-order valence-electron chi connectivity index (χ2n) is 3.19. The third-order valence-corrected chi connectivity index (χ3v) is 1.34. The maximum atomic E-state index is 9.16. The second-order valence-corrected chi connectivity index (χ2v) is 3.19. The Morgan fingerprint density at radius 2 is 1.50 bits per heavy atom. The maximum Gasteiger partial charge on any atom is 0.376 e. The summed E-state index contributed by atoms with van der Waals surface area (Å²) in [6.45, 7) is 4.37. The molecule has 2 N–H and O–H groups in total. The van der Waals surface area contributed by atoms with Gasteiger partial charge < -0.3 is 14.7 Å². The van der Waals surface area contributed by atoms with Crippen LogP contribution in [0.25, 0.3) is 0 Å². The van der Waals surface area contributed by atoms with Gasteiger partial charge in [0.2, 0.25) is 0 Å². The van der Waals surface area contributed by atoms with Gasteiger partial charge in [-0.2, -0.15) is 0 Å². The Labute approximate surface area is 62.0 Å². The lowest BCUT2D eigenvalue weighted by Gasteiger charge is -2.35. The fourth-order valence-corrected chi connectivity index (χ4v) is 0.558. The van der Waals surface area contributed by atoms with Crippen LogP contribution >= 0.6 is 0 Å². The van der Waals surface area contributed by atoms with Crippen molar-refractivity contribution in [2.75, 3.05) is 0 Å². The minimum atomic E-state index is -2.59. The predicted octanol–water partition coefficient (Wildman–Crippen LogP) is 0.745. The second kappa shape index (κ2) is 3.37. The average molecular weight is 147 g/mol. The van der Waals surface area contributed by atoms with Crippen LogP contribution in [0.2, 0.25) is 5.82 Å². The summed E-state index contributed by atoms with van der Waals surface area (Å²) >= 11 is 0. The quantitative estimate of drug-likeness (QED) is 0.579. The zero-order valence-electron chi connectivity index (χ0n) is 7.03. The van der Waals surface area contributed by atoms with Crippen LogP contribution in [0.5, 0.6) is 0 Å². The van der Waals surface area contributed by atoms with Gasteiger partial charge in [0, 0.05) is 6.10 Å². The molecule has 0 unspecified atom stereocenters. The summed E-state index contributed by atoms with van der Waals surface area (Å²) in [7, 11) is 0. The van der Waals surface area contributed by atoms with E-state index in [1.165, 1.54) is 0 Å². The van der Waals surface area contributed by atoms with Gasteiger partial charge in [0.25, 0.3) is 0 Å². The van der Waals surface area contributed by atoms with Gasteiger partial charge in [-0.3, -0.25) is 0 Å². The first-order valence-corrected chi connectivity index (χ1v) is 3.63. The third kappa shape index (κ3) is 3.20. The highest BCUT2D eigenvalue weighted by Gasteiger charge is 2.25. The van der Waals surface area contributed by atoms with Crippen molar-refractivity contribution in [1.29, 1.82) is 0 Å². The summed E-state index contributed by atoms with van der Waals surface area (Å²) in [5.74, 6) is -0.248. The molecule has 0 fully saturated rings. The monoisotopic (exact) mass is 147 g/mol. The van der Waals surface area contributed by atoms with Crippen LogP contribution in [-0.4, -0.2) is 22.9 Å². The van der Waals surface area contributed by atoms with Crippen molar-refractivity contribution in [1.82, 2.24) is 0 Å². The molecule has 10 heavy (non-hydrogen) atoms. The van der Waals surface area contributed by atoms with Crippen LogP contribution < -0.4 is 0 Å². The molecule has 0 atom stereocenters. The largest absolute Gasteiger partial charge is 0.559 e. The van der Waals surface area contributed by atoms with Crippen LogP contribution in [0.4, 0.5) is 0 Å². The van der Waals surface area contributed by atoms with Gasteiger partial charge in [-0.05, 0) is 13.8 Å². The molecule has 3 nitrogen and oxygen atoms in total. The van der Waals surface area contributed by atoms with Crippen molar-refractivity contribution < 1.29 is 14.7 Å². The maximum absolute atomic E-state index is 9.16. The topological polar surface area (TPSA) is 49.7 Å². The Morgan fingerprint density at radius 1 is 1.10 bits per heavy atom. The molecule has 0 aliphatic rings.